The number of ether oxygens (including phenoxy) is 1. The number of anilines is 1. The van der Waals surface area contributed by atoms with E-state index in [1.165, 1.54) is 4.90 Å². The molecule has 3 N–H and O–H groups in total. The van der Waals surface area contributed by atoms with Gasteiger partial charge in [-0.2, -0.15) is 0 Å². The van der Waals surface area contributed by atoms with Crippen molar-refractivity contribution in [2.75, 3.05) is 50.8 Å². The van der Waals surface area contributed by atoms with Gasteiger partial charge in [-0.25, -0.2) is 0 Å². The fourth-order valence-corrected chi connectivity index (χ4v) is 2.88. The number of para-hydroxylation sites is 2. The molecule has 6 heteroatoms. The monoisotopic (exact) mass is 336 g/mol. The zero-order valence-electron chi connectivity index (χ0n) is 14.8. The number of piperazine rings is 1. The average Bonchev–Trinajstić information content (AvgIpc) is 2.55. The molecular weight excluding hydrogens is 306 g/mol. The first-order valence-corrected chi connectivity index (χ1v) is 8.81. The molecule has 0 saturated carbocycles. The second-order valence-corrected chi connectivity index (χ2v) is 6.53. The Kier molecular flexibility index (Phi) is 7.34. The topological polar surface area (TPSA) is 66.2 Å². The third-order valence-corrected chi connectivity index (χ3v) is 4.20. The molecule has 1 aromatic rings. The highest BCUT2D eigenvalue weighted by Gasteiger charge is 2.23. The van der Waals surface area contributed by atoms with Crippen LogP contribution in [-0.4, -0.2) is 63.0 Å². The summed E-state index contributed by atoms with van der Waals surface area (Å²) in [6, 6.07) is 7.42. The van der Waals surface area contributed by atoms with Crippen LogP contribution in [0.25, 0.3) is 0 Å². The smallest absolute Gasteiger partial charge is 0.275 e. The number of quaternary nitrogens is 1. The molecule has 1 saturated heterocycles. The van der Waals surface area contributed by atoms with Crippen LogP contribution in [0.4, 0.5) is 5.69 Å². The molecule has 0 aliphatic carbocycles. The molecule has 1 amide bonds. The lowest BCUT2D eigenvalue weighted by Gasteiger charge is -2.33. The van der Waals surface area contributed by atoms with Crippen molar-refractivity contribution in [3.8, 4) is 5.75 Å². The molecule has 0 spiro atoms. The van der Waals surface area contributed by atoms with Gasteiger partial charge in [-0.15, -0.1) is 0 Å². The van der Waals surface area contributed by atoms with Crippen molar-refractivity contribution >= 4 is 11.6 Å². The summed E-state index contributed by atoms with van der Waals surface area (Å²) in [5.74, 6) is 0.424. The zero-order valence-corrected chi connectivity index (χ0v) is 14.8. The number of phenols is 1. The normalized spacial score (nSPS) is 15.7. The van der Waals surface area contributed by atoms with E-state index in [0.717, 1.165) is 38.3 Å². The van der Waals surface area contributed by atoms with Gasteiger partial charge in [-0.05, 0) is 32.4 Å². The number of benzene rings is 1. The minimum Gasteiger partial charge on any atom is -0.506 e. The first kappa shape index (κ1) is 18.5. The molecule has 0 bridgehead atoms. The highest BCUT2D eigenvalue weighted by atomic mass is 16.5. The Balaban J connectivity index is 1.64. The summed E-state index contributed by atoms with van der Waals surface area (Å²) < 4.78 is 5.45. The Hall–Kier alpha value is -1.79. The summed E-state index contributed by atoms with van der Waals surface area (Å²) in [4.78, 5) is 15.5. The van der Waals surface area contributed by atoms with E-state index in [-0.39, 0.29) is 12.0 Å². The molecule has 1 fully saturated rings. The molecule has 1 aliphatic rings. The van der Waals surface area contributed by atoms with Crippen LogP contribution in [0.1, 0.15) is 20.3 Å². The Bertz CT molecular complexity index is 514. The maximum Gasteiger partial charge on any atom is 0.275 e. The number of aromatic hydroxyl groups is 1. The van der Waals surface area contributed by atoms with Crippen molar-refractivity contribution in [3.05, 3.63) is 24.3 Å². The minimum absolute atomic E-state index is 0.102. The summed E-state index contributed by atoms with van der Waals surface area (Å²) >= 11 is 0. The highest BCUT2D eigenvalue weighted by molar-refractivity contribution is 5.76. The van der Waals surface area contributed by atoms with E-state index in [0.29, 0.717) is 25.4 Å². The number of carbonyl (C=O) groups is 1. The van der Waals surface area contributed by atoms with Gasteiger partial charge in [0.15, 0.2) is 6.54 Å². The molecule has 0 atom stereocenters. The molecule has 0 aromatic heterocycles. The van der Waals surface area contributed by atoms with E-state index >= 15 is 0 Å². The number of hydrogen-bond acceptors (Lipinski definition) is 4. The number of nitrogens with zero attached hydrogens (tertiary/aromatic N) is 1. The second kappa shape index (κ2) is 9.49. The molecule has 2 rings (SSSR count). The van der Waals surface area contributed by atoms with Gasteiger partial charge in [0, 0.05) is 13.2 Å². The fourth-order valence-electron chi connectivity index (χ4n) is 2.88. The maximum atomic E-state index is 12.0. The van der Waals surface area contributed by atoms with Gasteiger partial charge < -0.3 is 25.0 Å². The van der Waals surface area contributed by atoms with Crippen LogP contribution >= 0.6 is 0 Å². The van der Waals surface area contributed by atoms with E-state index in [1.54, 1.807) is 6.07 Å². The maximum absolute atomic E-state index is 12.0. The van der Waals surface area contributed by atoms with Crippen molar-refractivity contribution < 1.29 is 19.5 Å². The predicted molar refractivity (Wildman–Crippen MR) is 94.6 cm³/mol. The van der Waals surface area contributed by atoms with E-state index in [2.05, 4.69) is 10.2 Å². The van der Waals surface area contributed by atoms with Gasteiger partial charge in [0.1, 0.15) is 5.75 Å². The zero-order chi connectivity index (χ0) is 17.4. The fraction of sp³-hybridized carbons (Fsp3) is 0.611. The van der Waals surface area contributed by atoms with Crippen LogP contribution in [0.3, 0.4) is 0 Å². The lowest BCUT2D eigenvalue weighted by Crippen LogP contribution is -3.15. The number of hydrogen-bond donors (Lipinski definition) is 3. The van der Waals surface area contributed by atoms with Gasteiger partial charge in [0.2, 0.25) is 0 Å². The van der Waals surface area contributed by atoms with Crippen LogP contribution in [-0.2, 0) is 9.53 Å². The Morgan fingerprint density at radius 3 is 2.71 bits per heavy atom. The minimum atomic E-state index is 0.102. The number of amides is 1. The summed E-state index contributed by atoms with van der Waals surface area (Å²) in [6.07, 6.45) is 1.09. The first-order valence-electron chi connectivity index (χ1n) is 8.81. The average molecular weight is 336 g/mol. The van der Waals surface area contributed by atoms with Gasteiger partial charge >= 0.3 is 0 Å². The molecular formula is C18H30N3O3+. The van der Waals surface area contributed by atoms with Gasteiger partial charge in [-0.1, -0.05) is 12.1 Å². The molecule has 134 valence electrons. The lowest BCUT2D eigenvalue weighted by atomic mass is 10.2. The Labute approximate surface area is 144 Å². The quantitative estimate of drug-likeness (QED) is 0.586. The van der Waals surface area contributed by atoms with Crippen molar-refractivity contribution in [2.45, 2.75) is 26.4 Å². The van der Waals surface area contributed by atoms with Gasteiger partial charge in [-0.3, -0.25) is 4.79 Å². The molecule has 24 heavy (non-hydrogen) atoms. The Morgan fingerprint density at radius 1 is 1.33 bits per heavy atom. The number of rotatable bonds is 8. The second-order valence-electron chi connectivity index (χ2n) is 6.53. The highest BCUT2D eigenvalue weighted by Crippen LogP contribution is 2.25. The number of nitrogens with one attached hydrogen (secondary N) is 2. The summed E-state index contributed by atoms with van der Waals surface area (Å²) in [6.45, 7) is 9.39. The van der Waals surface area contributed by atoms with E-state index in [4.69, 9.17) is 4.74 Å². The molecule has 0 unspecified atom stereocenters. The van der Waals surface area contributed by atoms with Crippen LogP contribution in [0, 0.1) is 0 Å². The van der Waals surface area contributed by atoms with E-state index < -0.39 is 0 Å². The van der Waals surface area contributed by atoms with E-state index in [1.807, 2.05) is 32.0 Å². The largest absolute Gasteiger partial charge is 0.506 e. The molecule has 1 aromatic carbocycles. The summed E-state index contributed by atoms with van der Waals surface area (Å²) in [5, 5.41) is 12.9. The third kappa shape index (κ3) is 6.02. The van der Waals surface area contributed by atoms with Crippen LogP contribution in [0.15, 0.2) is 24.3 Å². The molecule has 1 heterocycles. The van der Waals surface area contributed by atoms with Crippen molar-refractivity contribution in [3.63, 3.8) is 0 Å². The molecule has 6 nitrogen and oxygen atoms in total. The lowest BCUT2D eigenvalue weighted by molar-refractivity contribution is -0.892. The van der Waals surface area contributed by atoms with Crippen molar-refractivity contribution in [2.24, 2.45) is 0 Å². The van der Waals surface area contributed by atoms with Crippen LogP contribution in [0.5, 0.6) is 5.75 Å². The van der Waals surface area contributed by atoms with Gasteiger partial charge in [0.05, 0.1) is 38.0 Å². The first-order chi connectivity index (χ1) is 11.6. The van der Waals surface area contributed by atoms with E-state index in [9.17, 15) is 9.90 Å². The van der Waals surface area contributed by atoms with Crippen molar-refractivity contribution in [1.29, 1.82) is 0 Å². The SMILES string of the molecule is CC(C)OCCCNC(=O)C[NH+]1CCN(c2ccccc2O)CC1. The van der Waals surface area contributed by atoms with Crippen LogP contribution in [0.2, 0.25) is 0 Å². The predicted octanol–water partition coefficient (Wildman–Crippen LogP) is 0.0284. The van der Waals surface area contributed by atoms with Gasteiger partial charge in [0.25, 0.3) is 5.91 Å². The number of phenolic OH excluding ortho intramolecular Hbond substituents is 1. The third-order valence-electron chi connectivity index (χ3n) is 4.20. The number of carbonyl (C=O) groups excluding carboxylic acids is 1. The summed E-state index contributed by atoms with van der Waals surface area (Å²) in [7, 11) is 0. The standard InChI is InChI=1S/C18H29N3O3/c1-15(2)24-13-5-8-19-18(23)14-20-9-11-21(12-10-20)16-6-3-4-7-17(16)22/h3-4,6-7,15,22H,5,8-14H2,1-2H3,(H,19,23)/p+1. The Morgan fingerprint density at radius 2 is 2.04 bits per heavy atom. The molecule has 0 radical (unpaired) electrons. The summed E-state index contributed by atoms with van der Waals surface area (Å²) in [5.41, 5.74) is 0.881. The van der Waals surface area contributed by atoms with Crippen molar-refractivity contribution in [1.82, 2.24) is 5.32 Å². The molecule has 1 aliphatic heterocycles. The van der Waals surface area contributed by atoms with Crippen LogP contribution < -0.4 is 15.1 Å².